The van der Waals surface area contributed by atoms with Gasteiger partial charge in [0.2, 0.25) is 11.8 Å². The second-order valence-electron chi connectivity index (χ2n) is 8.29. The number of carbonyl (C=O) groups is 2. The molecule has 162 valence electrons. The number of benzene rings is 1. The Morgan fingerprint density at radius 2 is 2.16 bits per heavy atom. The van der Waals surface area contributed by atoms with Crippen molar-refractivity contribution in [2.75, 3.05) is 16.8 Å². The zero-order valence-electron chi connectivity index (χ0n) is 18.0. The summed E-state index contributed by atoms with van der Waals surface area (Å²) in [5.41, 5.74) is 1.97. The van der Waals surface area contributed by atoms with Gasteiger partial charge in [0.25, 0.3) is 0 Å². The molecule has 7 nitrogen and oxygen atoms in total. The van der Waals surface area contributed by atoms with Gasteiger partial charge in [0.15, 0.2) is 0 Å². The highest BCUT2D eigenvalue weighted by Gasteiger charge is 2.57. The quantitative estimate of drug-likeness (QED) is 0.673. The van der Waals surface area contributed by atoms with Gasteiger partial charge < -0.3 is 5.32 Å². The third-order valence-electron chi connectivity index (χ3n) is 6.19. The average molecular weight is 428 g/mol. The van der Waals surface area contributed by atoms with E-state index in [0.29, 0.717) is 24.6 Å². The van der Waals surface area contributed by atoms with Gasteiger partial charge in [-0.2, -0.15) is 5.26 Å². The predicted molar refractivity (Wildman–Crippen MR) is 122 cm³/mol. The molecule has 0 unspecified atom stereocenters. The Balaban J connectivity index is 1.48. The first kappa shape index (κ1) is 21.4. The maximum absolute atomic E-state index is 13.0. The van der Waals surface area contributed by atoms with Gasteiger partial charge in [-0.25, -0.2) is 9.97 Å². The summed E-state index contributed by atoms with van der Waals surface area (Å²) < 4.78 is 0. The van der Waals surface area contributed by atoms with Gasteiger partial charge in [-0.15, -0.1) is 0 Å². The number of hydrogen-bond acceptors (Lipinski definition) is 5. The van der Waals surface area contributed by atoms with Crippen LogP contribution in [0.4, 0.5) is 11.6 Å². The topological polar surface area (TPSA) is 99.0 Å². The van der Waals surface area contributed by atoms with Gasteiger partial charge in [0.05, 0.1) is 12.5 Å². The highest BCUT2D eigenvalue weighted by molar-refractivity contribution is 6.02. The molecule has 32 heavy (non-hydrogen) atoms. The number of rotatable bonds is 7. The Bertz CT molecular complexity index is 1150. The monoisotopic (exact) mass is 427 g/mol. The molecule has 1 N–H and O–H groups in total. The number of nitrogens with one attached hydrogen (secondary N) is 1. The highest BCUT2D eigenvalue weighted by atomic mass is 16.2. The van der Waals surface area contributed by atoms with E-state index in [4.69, 9.17) is 0 Å². The summed E-state index contributed by atoms with van der Waals surface area (Å²) in [6, 6.07) is 11.7. The summed E-state index contributed by atoms with van der Waals surface area (Å²) in [4.78, 5) is 35.7. The first-order valence-corrected chi connectivity index (χ1v) is 10.7. The molecule has 0 spiro atoms. The number of carbonyl (C=O) groups excluding carboxylic acids is 2. The molecule has 1 saturated heterocycles. The molecule has 7 heteroatoms. The van der Waals surface area contributed by atoms with Crippen LogP contribution in [0.2, 0.25) is 0 Å². The summed E-state index contributed by atoms with van der Waals surface area (Å²) in [5.74, 6) is 0.426. The molecule has 2 heterocycles. The molecular formula is C25H25N5O2. The fourth-order valence-corrected chi connectivity index (χ4v) is 4.35. The minimum Gasteiger partial charge on any atom is -0.310 e. The van der Waals surface area contributed by atoms with E-state index in [9.17, 15) is 14.9 Å². The number of anilines is 2. The summed E-state index contributed by atoms with van der Waals surface area (Å²) in [5, 5.41) is 12.5. The second-order valence-corrected chi connectivity index (χ2v) is 8.29. The summed E-state index contributed by atoms with van der Waals surface area (Å²) in [6.45, 7) is 6.19. The van der Waals surface area contributed by atoms with Crippen LogP contribution in [-0.4, -0.2) is 28.3 Å². The number of aryl methyl sites for hydroxylation is 1. The number of aromatic nitrogens is 2. The molecule has 1 saturated carbocycles. The van der Waals surface area contributed by atoms with E-state index in [0.717, 1.165) is 29.5 Å². The number of amides is 2. The molecule has 2 aliphatic rings. The number of nitriles is 1. The smallest absolute Gasteiger partial charge is 0.248 e. The number of allylic oxidation sites excluding steroid dienone is 2. The Morgan fingerprint density at radius 1 is 1.38 bits per heavy atom. The van der Waals surface area contributed by atoms with Gasteiger partial charge in [-0.05, 0) is 48.8 Å². The van der Waals surface area contributed by atoms with Crippen LogP contribution in [0, 0.1) is 29.6 Å². The van der Waals surface area contributed by atoms with Crippen molar-refractivity contribution in [1.82, 2.24) is 9.97 Å². The summed E-state index contributed by atoms with van der Waals surface area (Å²) in [7, 11) is 0. The van der Waals surface area contributed by atoms with Crippen LogP contribution < -0.4 is 10.2 Å². The minimum atomic E-state index is -0.938. The first-order valence-electron chi connectivity index (χ1n) is 10.7. The lowest BCUT2D eigenvalue weighted by atomic mass is 9.83. The van der Waals surface area contributed by atoms with Crippen molar-refractivity contribution in [2.45, 2.75) is 32.6 Å². The van der Waals surface area contributed by atoms with Gasteiger partial charge in [-0.1, -0.05) is 43.0 Å². The fraction of sp³-hybridized carbons (Fsp3) is 0.320. The maximum Gasteiger partial charge on any atom is 0.248 e. The van der Waals surface area contributed by atoms with E-state index < -0.39 is 5.41 Å². The lowest BCUT2D eigenvalue weighted by Gasteiger charge is -2.20. The third-order valence-corrected chi connectivity index (χ3v) is 6.19. The van der Waals surface area contributed by atoms with Crippen molar-refractivity contribution < 1.29 is 9.59 Å². The van der Waals surface area contributed by atoms with Crippen molar-refractivity contribution in [3.8, 4) is 6.07 Å². The van der Waals surface area contributed by atoms with Crippen molar-refractivity contribution >= 4 is 29.0 Å². The fourth-order valence-electron chi connectivity index (χ4n) is 4.35. The van der Waals surface area contributed by atoms with E-state index in [2.05, 4.69) is 27.9 Å². The van der Waals surface area contributed by atoms with Crippen LogP contribution >= 0.6 is 0 Å². The van der Waals surface area contributed by atoms with Gasteiger partial charge in [0.1, 0.15) is 23.4 Å². The highest BCUT2D eigenvalue weighted by Crippen LogP contribution is 2.51. The third kappa shape index (κ3) is 4.04. The van der Waals surface area contributed by atoms with Crippen LogP contribution in [-0.2, 0) is 9.59 Å². The largest absolute Gasteiger partial charge is 0.310 e. The van der Waals surface area contributed by atoms with Crippen molar-refractivity contribution in [3.05, 3.63) is 66.5 Å². The van der Waals surface area contributed by atoms with E-state index in [1.165, 1.54) is 11.2 Å². The van der Waals surface area contributed by atoms with Crippen LogP contribution in [0.1, 0.15) is 36.8 Å². The van der Waals surface area contributed by atoms with Crippen LogP contribution in [0.5, 0.6) is 0 Å². The van der Waals surface area contributed by atoms with Crippen molar-refractivity contribution in [1.29, 1.82) is 5.26 Å². The van der Waals surface area contributed by atoms with Crippen LogP contribution in [0.25, 0.3) is 5.57 Å². The van der Waals surface area contributed by atoms with Gasteiger partial charge in [-0.3, -0.25) is 14.5 Å². The number of hydrogen-bond donors (Lipinski definition) is 1. The van der Waals surface area contributed by atoms with E-state index in [1.807, 2.05) is 37.3 Å². The first-order chi connectivity index (χ1) is 15.5. The minimum absolute atomic E-state index is 0.141. The van der Waals surface area contributed by atoms with Gasteiger partial charge >= 0.3 is 0 Å². The lowest BCUT2D eigenvalue weighted by Crippen LogP contribution is -2.35. The Morgan fingerprint density at radius 3 is 2.84 bits per heavy atom. The summed E-state index contributed by atoms with van der Waals surface area (Å²) in [6.07, 6.45) is 7.31. The molecule has 2 amide bonds. The standard InChI is InChI=1S/C25H25N5O2/c1-3-6-18(20-8-5-4-7-17(20)2)13-23(31)29-21-14-22(28-16-27-21)30-12-11-25(15-26,24(30)32)19-9-10-19/h3-8,14,16,19H,1,9-13H2,2H3,(H,27,28,29,31)/b18-6-/t25-/m1/s1. The lowest BCUT2D eigenvalue weighted by molar-refractivity contribution is -0.123. The normalized spacial score (nSPS) is 20.7. The Labute approximate surface area is 187 Å². The molecule has 1 atom stereocenters. The molecule has 2 fully saturated rings. The second kappa shape index (κ2) is 8.75. The van der Waals surface area contributed by atoms with Crippen molar-refractivity contribution in [2.24, 2.45) is 11.3 Å². The average Bonchev–Trinajstić information content (AvgIpc) is 3.58. The summed E-state index contributed by atoms with van der Waals surface area (Å²) >= 11 is 0. The van der Waals surface area contributed by atoms with E-state index in [-0.39, 0.29) is 24.2 Å². The SMILES string of the molecule is C=C/C=C(/CC(=O)Nc1cc(N2CC[C@@](C#N)(C3CC3)C2=O)ncn1)c1ccccc1C. The molecule has 1 aromatic heterocycles. The maximum atomic E-state index is 13.0. The molecule has 0 bridgehead atoms. The number of nitrogens with zero attached hydrogens (tertiary/aromatic N) is 4. The Kier molecular flexibility index (Phi) is 5.87. The van der Waals surface area contributed by atoms with Crippen LogP contribution in [0.3, 0.4) is 0 Å². The van der Waals surface area contributed by atoms with Crippen LogP contribution in [0.15, 0.2) is 55.4 Å². The molecule has 2 aromatic rings. The van der Waals surface area contributed by atoms with Gasteiger partial charge in [0, 0.05) is 12.6 Å². The predicted octanol–water partition coefficient (Wildman–Crippen LogP) is 4.04. The van der Waals surface area contributed by atoms with Crippen molar-refractivity contribution in [3.63, 3.8) is 0 Å². The Hall–Kier alpha value is -3.79. The molecule has 1 aliphatic heterocycles. The molecule has 0 radical (unpaired) electrons. The molecule has 1 aliphatic carbocycles. The molecular weight excluding hydrogens is 402 g/mol. The molecule has 1 aromatic carbocycles. The van der Waals surface area contributed by atoms with E-state index >= 15 is 0 Å². The zero-order chi connectivity index (χ0) is 22.7. The molecule has 4 rings (SSSR count). The van der Waals surface area contributed by atoms with E-state index in [1.54, 1.807) is 12.1 Å². The zero-order valence-corrected chi connectivity index (χ0v) is 18.0.